The van der Waals surface area contributed by atoms with Gasteiger partial charge < -0.3 is 4.74 Å². The molecule has 1 heterocycles. The lowest BCUT2D eigenvalue weighted by atomic mass is 10.2. The van der Waals surface area contributed by atoms with Crippen molar-refractivity contribution >= 4 is 17.3 Å². The summed E-state index contributed by atoms with van der Waals surface area (Å²) in [6.07, 6.45) is 3.36. The Morgan fingerprint density at radius 2 is 2.46 bits per heavy atom. The van der Waals surface area contributed by atoms with Crippen LogP contribution in [0.2, 0.25) is 0 Å². The molecule has 13 heavy (non-hydrogen) atoms. The van der Waals surface area contributed by atoms with Crippen molar-refractivity contribution in [2.24, 2.45) is 0 Å². The molecule has 1 aromatic heterocycles. The van der Waals surface area contributed by atoms with Gasteiger partial charge in [0.05, 0.1) is 6.61 Å². The SMILES string of the molecule is CCOC(=O)c1scc2c1CCC2. The van der Waals surface area contributed by atoms with Crippen LogP contribution in [0.4, 0.5) is 0 Å². The standard InChI is InChI=1S/C10H12O2S/c1-2-12-10(11)9-8-5-3-4-7(8)6-13-9/h6H,2-5H2,1H3. The van der Waals surface area contributed by atoms with Gasteiger partial charge in [0.2, 0.25) is 0 Å². The first-order chi connectivity index (χ1) is 6.33. The summed E-state index contributed by atoms with van der Waals surface area (Å²) in [5.74, 6) is -0.143. The average Bonchev–Trinajstić information content (AvgIpc) is 2.62. The largest absolute Gasteiger partial charge is 0.462 e. The van der Waals surface area contributed by atoms with Gasteiger partial charge in [-0.05, 0) is 42.7 Å². The summed E-state index contributed by atoms with van der Waals surface area (Å²) in [6.45, 7) is 2.30. The molecule has 0 saturated carbocycles. The van der Waals surface area contributed by atoms with E-state index in [1.165, 1.54) is 28.9 Å². The van der Waals surface area contributed by atoms with Gasteiger partial charge in [0.15, 0.2) is 0 Å². The number of esters is 1. The molecule has 0 bridgehead atoms. The van der Waals surface area contributed by atoms with Crippen LogP contribution in [-0.2, 0) is 17.6 Å². The molecule has 2 nitrogen and oxygen atoms in total. The number of aryl methyl sites for hydroxylation is 1. The van der Waals surface area contributed by atoms with Gasteiger partial charge in [-0.2, -0.15) is 0 Å². The van der Waals surface area contributed by atoms with Gasteiger partial charge in [0, 0.05) is 0 Å². The Kier molecular flexibility index (Phi) is 2.36. The van der Waals surface area contributed by atoms with Crippen LogP contribution in [0.5, 0.6) is 0 Å². The van der Waals surface area contributed by atoms with Crippen LogP contribution >= 0.6 is 11.3 Å². The number of hydrogen-bond donors (Lipinski definition) is 0. The molecular formula is C10H12O2S. The van der Waals surface area contributed by atoms with Crippen molar-refractivity contribution in [3.05, 3.63) is 21.4 Å². The van der Waals surface area contributed by atoms with E-state index in [2.05, 4.69) is 5.38 Å². The second-order valence-corrected chi connectivity index (χ2v) is 4.02. The fraction of sp³-hybridized carbons (Fsp3) is 0.500. The van der Waals surface area contributed by atoms with Crippen LogP contribution in [-0.4, -0.2) is 12.6 Å². The molecule has 1 aliphatic rings. The van der Waals surface area contributed by atoms with Gasteiger partial charge in [-0.3, -0.25) is 0 Å². The molecule has 0 saturated heterocycles. The zero-order chi connectivity index (χ0) is 9.26. The normalized spacial score (nSPS) is 14.2. The third-order valence-corrected chi connectivity index (χ3v) is 3.37. The maximum absolute atomic E-state index is 11.5. The van der Waals surface area contributed by atoms with Crippen molar-refractivity contribution in [1.29, 1.82) is 0 Å². The molecule has 0 spiro atoms. The summed E-state index contributed by atoms with van der Waals surface area (Å²) in [7, 11) is 0. The van der Waals surface area contributed by atoms with Crippen molar-refractivity contribution in [2.45, 2.75) is 26.2 Å². The van der Waals surface area contributed by atoms with E-state index in [1.807, 2.05) is 6.92 Å². The predicted molar refractivity (Wildman–Crippen MR) is 52.3 cm³/mol. The van der Waals surface area contributed by atoms with E-state index < -0.39 is 0 Å². The number of fused-ring (bicyclic) bond motifs is 1. The lowest BCUT2D eigenvalue weighted by molar-refractivity contribution is 0.0531. The summed E-state index contributed by atoms with van der Waals surface area (Å²) < 4.78 is 4.98. The van der Waals surface area contributed by atoms with Crippen LogP contribution in [0.3, 0.4) is 0 Å². The number of ether oxygens (including phenoxy) is 1. The lowest BCUT2D eigenvalue weighted by Crippen LogP contribution is -2.04. The van der Waals surface area contributed by atoms with E-state index in [-0.39, 0.29) is 5.97 Å². The van der Waals surface area contributed by atoms with E-state index in [9.17, 15) is 4.79 Å². The van der Waals surface area contributed by atoms with E-state index in [1.54, 1.807) is 0 Å². The highest BCUT2D eigenvalue weighted by Crippen LogP contribution is 2.31. The molecule has 0 unspecified atom stereocenters. The number of carbonyl (C=O) groups excluding carboxylic acids is 1. The summed E-state index contributed by atoms with van der Waals surface area (Å²) in [5.41, 5.74) is 2.59. The van der Waals surface area contributed by atoms with Crippen molar-refractivity contribution < 1.29 is 9.53 Å². The quantitative estimate of drug-likeness (QED) is 0.679. The highest BCUT2D eigenvalue weighted by Gasteiger charge is 2.21. The maximum atomic E-state index is 11.5. The van der Waals surface area contributed by atoms with Crippen LogP contribution in [0.25, 0.3) is 0 Å². The molecule has 1 aliphatic carbocycles. The zero-order valence-corrected chi connectivity index (χ0v) is 8.45. The van der Waals surface area contributed by atoms with E-state index in [0.717, 1.165) is 17.7 Å². The van der Waals surface area contributed by atoms with Gasteiger partial charge >= 0.3 is 5.97 Å². The summed E-state index contributed by atoms with van der Waals surface area (Å²) in [5, 5.41) is 2.09. The third kappa shape index (κ3) is 1.48. The van der Waals surface area contributed by atoms with Gasteiger partial charge in [-0.15, -0.1) is 11.3 Å². The van der Waals surface area contributed by atoms with Crippen molar-refractivity contribution in [1.82, 2.24) is 0 Å². The molecule has 0 aromatic carbocycles. The van der Waals surface area contributed by atoms with Crippen LogP contribution in [0.1, 0.15) is 34.1 Å². The molecule has 2 rings (SSSR count). The zero-order valence-electron chi connectivity index (χ0n) is 7.63. The Morgan fingerprint density at radius 1 is 1.62 bits per heavy atom. The predicted octanol–water partition coefficient (Wildman–Crippen LogP) is 2.41. The molecule has 1 aromatic rings. The molecule has 0 aliphatic heterocycles. The maximum Gasteiger partial charge on any atom is 0.348 e. The molecule has 70 valence electrons. The van der Waals surface area contributed by atoms with Crippen LogP contribution in [0.15, 0.2) is 5.38 Å². The van der Waals surface area contributed by atoms with Crippen molar-refractivity contribution in [2.75, 3.05) is 6.61 Å². The Hall–Kier alpha value is -0.830. The minimum Gasteiger partial charge on any atom is -0.462 e. The lowest BCUT2D eigenvalue weighted by Gasteiger charge is -2.00. The summed E-state index contributed by atoms with van der Waals surface area (Å²) in [6, 6.07) is 0. The first kappa shape index (κ1) is 8.75. The van der Waals surface area contributed by atoms with Gasteiger partial charge in [-0.1, -0.05) is 0 Å². The molecule has 0 radical (unpaired) electrons. The second kappa shape index (κ2) is 3.50. The Bertz CT molecular complexity index is 328. The first-order valence-electron chi connectivity index (χ1n) is 4.59. The smallest absolute Gasteiger partial charge is 0.348 e. The minimum absolute atomic E-state index is 0.143. The van der Waals surface area contributed by atoms with Gasteiger partial charge in [-0.25, -0.2) is 4.79 Å². The van der Waals surface area contributed by atoms with Gasteiger partial charge in [0.25, 0.3) is 0 Å². The Balaban J connectivity index is 2.26. The fourth-order valence-corrected chi connectivity index (χ4v) is 2.78. The number of hydrogen-bond acceptors (Lipinski definition) is 3. The highest BCUT2D eigenvalue weighted by molar-refractivity contribution is 7.12. The second-order valence-electron chi connectivity index (χ2n) is 3.14. The molecule has 0 atom stereocenters. The number of thiophene rings is 1. The van der Waals surface area contributed by atoms with E-state index in [0.29, 0.717) is 6.61 Å². The van der Waals surface area contributed by atoms with Crippen molar-refractivity contribution in [3.8, 4) is 0 Å². The van der Waals surface area contributed by atoms with E-state index in [4.69, 9.17) is 4.74 Å². The topological polar surface area (TPSA) is 26.3 Å². The fourth-order valence-electron chi connectivity index (χ4n) is 1.73. The minimum atomic E-state index is -0.143. The Morgan fingerprint density at radius 3 is 3.23 bits per heavy atom. The monoisotopic (exact) mass is 196 g/mol. The van der Waals surface area contributed by atoms with E-state index >= 15 is 0 Å². The molecule has 0 fully saturated rings. The van der Waals surface area contributed by atoms with Crippen molar-refractivity contribution in [3.63, 3.8) is 0 Å². The molecule has 0 amide bonds. The summed E-state index contributed by atoms with van der Waals surface area (Å²) in [4.78, 5) is 12.3. The Labute approximate surface area is 81.5 Å². The summed E-state index contributed by atoms with van der Waals surface area (Å²) >= 11 is 1.53. The molecule has 3 heteroatoms. The third-order valence-electron chi connectivity index (χ3n) is 2.31. The first-order valence-corrected chi connectivity index (χ1v) is 5.47. The molecule has 0 N–H and O–H groups in total. The van der Waals surface area contributed by atoms with Gasteiger partial charge in [0.1, 0.15) is 4.88 Å². The van der Waals surface area contributed by atoms with Crippen LogP contribution in [0, 0.1) is 0 Å². The average molecular weight is 196 g/mol. The number of rotatable bonds is 2. The van der Waals surface area contributed by atoms with Crippen LogP contribution < -0.4 is 0 Å². The molecular weight excluding hydrogens is 184 g/mol. The highest BCUT2D eigenvalue weighted by atomic mass is 32.1. The number of carbonyl (C=O) groups is 1.